The third-order valence-corrected chi connectivity index (χ3v) is 3.99. The van der Waals surface area contributed by atoms with Crippen molar-refractivity contribution in [2.24, 2.45) is 10.7 Å². The Bertz CT molecular complexity index is 605. The quantitative estimate of drug-likeness (QED) is 0.656. The molecule has 7 heteroatoms. The lowest BCUT2D eigenvalue weighted by atomic mass is 10.2. The summed E-state index contributed by atoms with van der Waals surface area (Å²) in [6, 6.07) is 7.57. The number of hydrogen-bond acceptors (Lipinski definition) is 3. The fourth-order valence-electron chi connectivity index (χ4n) is 2.34. The van der Waals surface area contributed by atoms with Gasteiger partial charge in [-0.25, -0.2) is 9.79 Å². The normalized spacial score (nSPS) is 16.2. The van der Waals surface area contributed by atoms with Crippen LogP contribution in [0.2, 0.25) is 5.02 Å². The SMILES string of the molecule is CC(C)(C)OC(=O)N1CCN(C(N)=NCc2ccccc2Cl)CC1. The lowest BCUT2D eigenvalue weighted by Crippen LogP contribution is -2.53. The first kappa shape index (κ1) is 18.4. The van der Waals surface area contributed by atoms with Crippen molar-refractivity contribution in [3.05, 3.63) is 34.9 Å². The van der Waals surface area contributed by atoms with Crippen LogP contribution in [0, 0.1) is 0 Å². The minimum Gasteiger partial charge on any atom is -0.444 e. The van der Waals surface area contributed by atoms with Gasteiger partial charge in [-0.2, -0.15) is 0 Å². The van der Waals surface area contributed by atoms with E-state index in [1.165, 1.54) is 0 Å². The van der Waals surface area contributed by atoms with Gasteiger partial charge in [0.1, 0.15) is 5.60 Å². The zero-order chi connectivity index (χ0) is 17.7. The molecule has 0 unspecified atom stereocenters. The largest absolute Gasteiger partial charge is 0.444 e. The summed E-state index contributed by atoms with van der Waals surface area (Å²) in [7, 11) is 0. The molecule has 0 spiro atoms. The van der Waals surface area contributed by atoms with Crippen LogP contribution in [0.15, 0.2) is 29.3 Å². The summed E-state index contributed by atoms with van der Waals surface area (Å²) in [5.74, 6) is 0.471. The Kier molecular flexibility index (Phi) is 5.94. The van der Waals surface area contributed by atoms with Gasteiger partial charge in [0.15, 0.2) is 5.96 Å². The van der Waals surface area contributed by atoms with Crippen LogP contribution < -0.4 is 5.73 Å². The molecule has 24 heavy (non-hydrogen) atoms. The molecule has 6 nitrogen and oxygen atoms in total. The van der Waals surface area contributed by atoms with Gasteiger partial charge in [0.2, 0.25) is 0 Å². The minimum absolute atomic E-state index is 0.284. The van der Waals surface area contributed by atoms with Crippen LogP contribution in [0.3, 0.4) is 0 Å². The zero-order valence-corrected chi connectivity index (χ0v) is 15.2. The minimum atomic E-state index is -0.482. The number of carbonyl (C=O) groups is 1. The number of nitrogens with two attached hydrogens (primary N) is 1. The summed E-state index contributed by atoms with van der Waals surface area (Å²) >= 11 is 6.12. The summed E-state index contributed by atoms with van der Waals surface area (Å²) in [5.41, 5.74) is 6.52. The number of aliphatic imine (C=N–C) groups is 1. The average molecular weight is 353 g/mol. The molecule has 1 aromatic rings. The van der Waals surface area contributed by atoms with Gasteiger partial charge in [0.25, 0.3) is 0 Å². The first-order chi connectivity index (χ1) is 11.3. The van der Waals surface area contributed by atoms with Gasteiger partial charge in [0.05, 0.1) is 6.54 Å². The van der Waals surface area contributed by atoms with Crippen molar-refractivity contribution in [2.75, 3.05) is 26.2 Å². The molecule has 1 aliphatic heterocycles. The number of rotatable bonds is 2. The summed E-state index contributed by atoms with van der Waals surface area (Å²) < 4.78 is 5.38. The Balaban J connectivity index is 1.86. The molecule has 0 saturated carbocycles. The number of guanidine groups is 1. The molecule has 0 bridgehead atoms. The van der Waals surface area contributed by atoms with E-state index >= 15 is 0 Å². The molecule has 1 aromatic carbocycles. The predicted molar refractivity (Wildman–Crippen MR) is 96.2 cm³/mol. The molecule has 0 atom stereocenters. The molecular weight excluding hydrogens is 328 g/mol. The van der Waals surface area contributed by atoms with Gasteiger partial charge in [0, 0.05) is 31.2 Å². The molecule has 2 rings (SSSR count). The smallest absolute Gasteiger partial charge is 0.410 e. The number of hydrogen-bond donors (Lipinski definition) is 1. The lowest BCUT2D eigenvalue weighted by Gasteiger charge is -2.36. The number of amides is 1. The second-order valence-electron chi connectivity index (χ2n) is 6.72. The lowest BCUT2D eigenvalue weighted by molar-refractivity contribution is 0.0186. The number of halogens is 1. The molecule has 1 amide bonds. The van der Waals surface area contributed by atoms with Gasteiger partial charge in [-0.1, -0.05) is 29.8 Å². The van der Waals surface area contributed by atoms with Crippen LogP contribution in [0.4, 0.5) is 4.79 Å². The number of piperazine rings is 1. The third kappa shape index (κ3) is 5.30. The first-order valence-electron chi connectivity index (χ1n) is 8.02. The van der Waals surface area contributed by atoms with E-state index < -0.39 is 5.60 Å². The maximum atomic E-state index is 12.0. The molecular formula is C17H25ClN4O2. The van der Waals surface area contributed by atoms with Gasteiger partial charge < -0.3 is 20.3 Å². The van der Waals surface area contributed by atoms with Crippen LogP contribution in [-0.2, 0) is 11.3 Å². The van der Waals surface area contributed by atoms with Gasteiger partial charge in [-0.05, 0) is 32.4 Å². The molecule has 1 fully saturated rings. The maximum absolute atomic E-state index is 12.0. The van der Waals surface area contributed by atoms with Crippen LogP contribution in [0.25, 0.3) is 0 Å². The van der Waals surface area contributed by atoms with Crippen molar-refractivity contribution < 1.29 is 9.53 Å². The standard InChI is InChI=1S/C17H25ClN4O2/c1-17(2,3)24-16(23)22-10-8-21(9-11-22)15(19)20-12-13-6-4-5-7-14(13)18/h4-7H,8-12H2,1-3H3,(H2,19,20). The Morgan fingerprint density at radius 2 is 1.79 bits per heavy atom. The Hall–Kier alpha value is -1.95. The van der Waals surface area contributed by atoms with Crippen molar-refractivity contribution in [1.29, 1.82) is 0 Å². The van der Waals surface area contributed by atoms with Crippen molar-refractivity contribution in [3.8, 4) is 0 Å². The Labute approximate surface area is 148 Å². The van der Waals surface area contributed by atoms with E-state index in [0.29, 0.717) is 43.7 Å². The van der Waals surface area contributed by atoms with E-state index in [4.69, 9.17) is 22.1 Å². The van der Waals surface area contributed by atoms with Crippen LogP contribution >= 0.6 is 11.6 Å². The second-order valence-corrected chi connectivity index (χ2v) is 7.13. The zero-order valence-electron chi connectivity index (χ0n) is 14.5. The Morgan fingerprint density at radius 3 is 2.38 bits per heavy atom. The molecule has 2 N–H and O–H groups in total. The van der Waals surface area contributed by atoms with E-state index in [1.807, 2.05) is 49.9 Å². The molecule has 0 aromatic heterocycles. The van der Waals surface area contributed by atoms with Crippen molar-refractivity contribution in [1.82, 2.24) is 9.80 Å². The molecule has 1 heterocycles. The van der Waals surface area contributed by atoms with Crippen molar-refractivity contribution in [2.45, 2.75) is 32.9 Å². The number of carbonyl (C=O) groups excluding carboxylic acids is 1. The van der Waals surface area contributed by atoms with Crippen LogP contribution in [-0.4, -0.2) is 53.6 Å². The van der Waals surface area contributed by atoms with Crippen molar-refractivity contribution in [3.63, 3.8) is 0 Å². The molecule has 1 saturated heterocycles. The average Bonchev–Trinajstić information content (AvgIpc) is 2.52. The first-order valence-corrected chi connectivity index (χ1v) is 8.40. The van der Waals surface area contributed by atoms with E-state index in [1.54, 1.807) is 4.90 Å². The topological polar surface area (TPSA) is 71.2 Å². The van der Waals surface area contributed by atoms with Gasteiger partial charge in [-0.3, -0.25) is 0 Å². The highest BCUT2D eigenvalue weighted by Crippen LogP contribution is 2.16. The number of ether oxygens (including phenoxy) is 1. The van der Waals surface area contributed by atoms with Gasteiger partial charge >= 0.3 is 6.09 Å². The molecule has 0 aliphatic carbocycles. The van der Waals surface area contributed by atoms with Crippen molar-refractivity contribution >= 4 is 23.7 Å². The number of nitrogens with zero attached hydrogens (tertiary/aromatic N) is 3. The van der Waals surface area contributed by atoms with Crippen LogP contribution in [0.5, 0.6) is 0 Å². The van der Waals surface area contributed by atoms with E-state index in [0.717, 1.165) is 5.56 Å². The summed E-state index contributed by atoms with van der Waals surface area (Å²) in [4.78, 5) is 20.1. The monoisotopic (exact) mass is 352 g/mol. The second kappa shape index (κ2) is 7.75. The number of benzene rings is 1. The highest BCUT2D eigenvalue weighted by Gasteiger charge is 2.26. The van der Waals surface area contributed by atoms with E-state index in [-0.39, 0.29) is 6.09 Å². The Morgan fingerprint density at radius 1 is 1.21 bits per heavy atom. The molecule has 1 aliphatic rings. The van der Waals surface area contributed by atoms with E-state index in [9.17, 15) is 4.79 Å². The van der Waals surface area contributed by atoms with Crippen LogP contribution in [0.1, 0.15) is 26.3 Å². The highest BCUT2D eigenvalue weighted by atomic mass is 35.5. The van der Waals surface area contributed by atoms with E-state index in [2.05, 4.69) is 4.99 Å². The summed E-state index contributed by atoms with van der Waals surface area (Å²) in [6.45, 7) is 8.43. The fourth-order valence-corrected chi connectivity index (χ4v) is 2.53. The molecule has 0 radical (unpaired) electrons. The fraction of sp³-hybridized carbons (Fsp3) is 0.529. The highest BCUT2D eigenvalue weighted by molar-refractivity contribution is 6.31. The predicted octanol–water partition coefficient (Wildman–Crippen LogP) is 2.71. The summed E-state index contributed by atoms with van der Waals surface area (Å²) in [6.07, 6.45) is -0.284. The third-order valence-electron chi connectivity index (χ3n) is 3.62. The molecule has 132 valence electrons. The maximum Gasteiger partial charge on any atom is 0.410 e. The summed E-state index contributed by atoms with van der Waals surface area (Å²) in [5, 5.41) is 0.684. The van der Waals surface area contributed by atoms with Gasteiger partial charge in [-0.15, -0.1) is 0 Å².